The molecule has 236 valence electrons. The second-order valence-corrected chi connectivity index (χ2v) is 12.4. The van der Waals surface area contributed by atoms with E-state index in [-0.39, 0.29) is 11.6 Å². The van der Waals surface area contributed by atoms with Gasteiger partial charge in [0.1, 0.15) is 0 Å². The first-order valence-corrected chi connectivity index (χ1v) is 15.2. The van der Waals surface area contributed by atoms with Crippen molar-refractivity contribution in [2.45, 2.75) is 68.5 Å². The number of benzene rings is 3. The molecule has 0 unspecified atom stereocenters. The fraction of sp³-hybridized carbons (Fsp3) is 0.323. The van der Waals surface area contributed by atoms with Crippen LogP contribution < -0.4 is 15.4 Å². The molecule has 0 spiro atoms. The Balaban J connectivity index is 1.58. The summed E-state index contributed by atoms with van der Waals surface area (Å²) in [7, 11) is -4.64. The van der Waals surface area contributed by atoms with Gasteiger partial charge in [-0.15, -0.1) is 0 Å². The standard InChI is InChI=1S/C31H31F6N3O3S/c1-19(2)38-18-20-9-14-26-22(15-20)5-3-8-27(26)39-29(41)17-28(21-10-12-23(13-11-21)30(32,33)34)40-44(42,43)25-7-4-6-24(16-25)31(35,36)37/h4,6-7,9-16,27-28,38,40H,1,3,5,8,17-18H2,2H3,(H,39,41)/t27-,28-/m1/s1. The van der Waals surface area contributed by atoms with E-state index in [9.17, 15) is 39.6 Å². The van der Waals surface area contributed by atoms with E-state index in [0.29, 0.717) is 25.1 Å². The Hall–Kier alpha value is -3.84. The van der Waals surface area contributed by atoms with Crippen molar-refractivity contribution < 1.29 is 39.6 Å². The van der Waals surface area contributed by atoms with Crippen LogP contribution in [0.1, 0.15) is 71.7 Å². The fourth-order valence-electron chi connectivity index (χ4n) is 5.05. The topological polar surface area (TPSA) is 87.3 Å². The number of amides is 1. The quantitative estimate of drug-likeness (QED) is 0.210. The highest BCUT2D eigenvalue weighted by molar-refractivity contribution is 7.89. The zero-order valence-electron chi connectivity index (χ0n) is 23.6. The highest BCUT2D eigenvalue weighted by Gasteiger charge is 2.34. The molecule has 1 aliphatic rings. The van der Waals surface area contributed by atoms with Gasteiger partial charge in [-0.05, 0) is 78.8 Å². The van der Waals surface area contributed by atoms with Crippen LogP contribution in [0.4, 0.5) is 26.3 Å². The van der Waals surface area contributed by atoms with Crippen LogP contribution in [-0.2, 0) is 40.1 Å². The number of carbonyl (C=O) groups excluding carboxylic acids is 1. The summed E-state index contributed by atoms with van der Waals surface area (Å²) < 4.78 is 108. The first-order valence-electron chi connectivity index (χ1n) is 13.7. The first-order chi connectivity index (χ1) is 20.5. The highest BCUT2D eigenvalue weighted by Crippen LogP contribution is 2.34. The molecule has 0 heterocycles. The highest BCUT2D eigenvalue weighted by atomic mass is 32.2. The Morgan fingerprint density at radius 2 is 1.64 bits per heavy atom. The van der Waals surface area contributed by atoms with Crippen LogP contribution >= 0.6 is 0 Å². The number of nitrogens with one attached hydrogen (secondary N) is 3. The van der Waals surface area contributed by atoms with Gasteiger partial charge in [0.05, 0.1) is 28.1 Å². The van der Waals surface area contributed by atoms with Crippen molar-refractivity contribution in [2.75, 3.05) is 0 Å². The molecule has 3 N–H and O–H groups in total. The number of rotatable bonds is 10. The minimum Gasteiger partial charge on any atom is -0.385 e. The van der Waals surface area contributed by atoms with Gasteiger partial charge in [0.15, 0.2) is 0 Å². The van der Waals surface area contributed by atoms with Gasteiger partial charge in [0.25, 0.3) is 0 Å². The summed E-state index contributed by atoms with van der Waals surface area (Å²) in [4.78, 5) is 12.6. The van der Waals surface area contributed by atoms with Crippen molar-refractivity contribution in [3.63, 3.8) is 0 Å². The Bertz CT molecular complexity index is 1620. The zero-order chi connectivity index (χ0) is 32.3. The Morgan fingerprint density at radius 3 is 2.27 bits per heavy atom. The van der Waals surface area contributed by atoms with Crippen LogP contribution in [0, 0.1) is 0 Å². The van der Waals surface area contributed by atoms with Gasteiger partial charge in [-0.3, -0.25) is 4.79 Å². The van der Waals surface area contributed by atoms with Crippen LogP contribution in [0.2, 0.25) is 0 Å². The molecule has 3 aromatic carbocycles. The lowest BCUT2D eigenvalue weighted by Crippen LogP contribution is -2.36. The van der Waals surface area contributed by atoms with Crippen molar-refractivity contribution in [3.05, 3.63) is 112 Å². The van der Waals surface area contributed by atoms with Crippen molar-refractivity contribution in [1.82, 2.24) is 15.4 Å². The number of fused-ring (bicyclic) bond motifs is 1. The molecule has 1 amide bonds. The molecule has 2 atom stereocenters. The van der Waals surface area contributed by atoms with Crippen LogP contribution in [0.25, 0.3) is 0 Å². The lowest BCUT2D eigenvalue weighted by molar-refractivity contribution is -0.138. The van der Waals surface area contributed by atoms with Crippen molar-refractivity contribution in [3.8, 4) is 0 Å². The predicted octanol–water partition coefficient (Wildman–Crippen LogP) is 6.95. The smallest absolute Gasteiger partial charge is 0.385 e. The molecule has 1 aliphatic carbocycles. The minimum atomic E-state index is -4.81. The summed E-state index contributed by atoms with van der Waals surface area (Å²) in [6.45, 7) is 6.25. The number of allylic oxidation sites excluding steroid dienone is 1. The second kappa shape index (κ2) is 13.0. The van der Waals surface area contributed by atoms with Gasteiger partial charge in [-0.25, -0.2) is 13.1 Å². The summed E-state index contributed by atoms with van der Waals surface area (Å²) in [6, 6.07) is 10.7. The molecule has 0 fully saturated rings. The van der Waals surface area contributed by atoms with Gasteiger partial charge in [-0.1, -0.05) is 43.0 Å². The number of hydrogen-bond acceptors (Lipinski definition) is 4. The molecule has 0 saturated heterocycles. The van der Waals surface area contributed by atoms with E-state index in [1.807, 2.05) is 25.1 Å². The number of alkyl halides is 6. The molecule has 0 radical (unpaired) electrons. The summed E-state index contributed by atoms with van der Waals surface area (Å²) >= 11 is 0. The van der Waals surface area contributed by atoms with Crippen molar-refractivity contribution in [2.24, 2.45) is 0 Å². The number of halogens is 6. The summed E-state index contributed by atoms with van der Waals surface area (Å²) in [5.41, 5.74) is 1.65. The SMILES string of the molecule is C=C(C)NCc1ccc2c(c1)CCC[C@H]2NC(=O)C[C@@H](NS(=O)(=O)c1cccc(C(F)(F)F)c1)c1ccc(C(F)(F)F)cc1. The monoisotopic (exact) mass is 639 g/mol. The van der Waals surface area contributed by atoms with E-state index in [4.69, 9.17) is 0 Å². The molecule has 4 rings (SSSR count). The van der Waals surface area contributed by atoms with E-state index in [0.717, 1.165) is 71.6 Å². The molecule has 0 aliphatic heterocycles. The van der Waals surface area contributed by atoms with Crippen LogP contribution in [0.15, 0.2) is 83.9 Å². The predicted molar refractivity (Wildman–Crippen MR) is 152 cm³/mol. The average Bonchev–Trinajstić information content (AvgIpc) is 2.95. The van der Waals surface area contributed by atoms with Crippen LogP contribution in [0.3, 0.4) is 0 Å². The molecule has 44 heavy (non-hydrogen) atoms. The van der Waals surface area contributed by atoms with Crippen molar-refractivity contribution in [1.29, 1.82) is 0 Å². The molecule has 0 aromatic heterocycles. The van der Waals surface area contributed by atoms with Gasteiger partial charge in [0.2, 0.25) is 15.9 Å². The van der Waals surface area contributed by atoms with Gasteiger partial charge in [-0.2, -0.15) is 26.3 Å². The number of hydrogen-bond donors (Lipinski definition) is 3. The molecule has 0 bridgehead atoms. The lowest BCUT2D eigenvalue weighted by Gasteiger charge is -2.28. The Labute approximate surface area is 251 Å². The van der Waals surface area contributed by atoms with Crippen LogP contribution in [-0.4, -0.2) is 14.3 Å². The van der Waals surface area contributed by atoms with Crippen molar-refractivity contribution >= 4 is 15.9 Å². The lowest BCUT2D eigenvalue weighted by atomic mass is 9.86. The number of aryl methyl sites for hydroxylation is 1. The van der Waals surface area contributed by atoms with E-state index >= 15 is 0 Å². The van der Waals surface area contributed by atoms with E-state index in [1.54, 1.807) is 0 Å². The van der Waals surface area contributed by atoms with E-state index < -0.39 is 56.8 Å². The normalized spacial score (nSPS) is 16.1. The first kappa shape index (κ1) is 33.1. The van der Waals surface area contributed by atoms with Gasteiger partial charge in [0, 0.05) is 18.7 Å². The molecule has 3 aromatic rings. The second-order valence-electron chi connectivity index (χ2n) is 10.7. The third-order valence-electron chi connectivity index (χ3n) is 7.25. The van der Waals surface area contributed by atoms with E-state index in [1.165, 1.54) is 0 Å². The maximum Gasteiger partial charge on any atom is 0.416 e. The Kier molecular flexibility index (Phi) is 9.79. The molecule has 0 saturated carbocycles. The largest absolute Gasteiger partial charge is 0.416 e. The molecular formula is C31H31F6N3O3S. The average molecular weight is 640 g/mol. The van der Waals surface area contributed by atoms with Gasteiger partial charge >= 0.3 is 12.4 Å². The summed E-state index contributed by atoms with van der Waals surface area (Å²) in [5.74, 6) is -0.590. The fourth-order valence-corrected chi connectivity index (χ4v) is 6.32. The molecular weight excluding hydrogens is 608 g/mol. The third kappa shape index (κ3) is 8.41. The number of sulfonamides is 1. The third-order valence-corrected chi connectivity index (χ3v) is 8.72. The minimum absolute atomic E-state index is 0.0300. The van der Waals surface area contributed by atoms with Gasteiger partial charge < -0.3 is 10.6 Å². The number of carbonyl (C=O) groups is 1. The molecule has 6 nitrogen and oxygen atoms in total. The maximum atomic E-state index is 13.3. The molecule has 13 heteroatoms. The maximum absolute atomic E-state index is 13.3. The Morgan fingerprint density at radius 1 is 0.955 bits per heavy atom. The van der Waals surface area contributed by atoms with Crippen LogP contribution in [0.5, 0.6) is 0 Å². The van der Waals surface area contributed by atoms with E-state index in [2.05, 4.69) is 21.9 Å². The summed E-state index contributed by atoms with van der Waals surface area (Å²) in [5, 5.41) is 6.07. The summed E-state index contributed by atoms with van der Waals surface area (Å²) in [6.07, 6.45) is -7.79. The zero-order valence-corrected chi connectivity index (χ0v) is 24.5.